The molecule has 1 fully saturated rings. The zero-order valence-corrected chi connectivity index (χ0v) is 11.0. The van der Waals surface area contributed by atoms with Crippen molar-refractivity contribution in [3.63, 3.8) is 0 Å². The highest BCUT2D eigenvalue weighted by molar-refractivity contribution is 6.32. The molecule has 1 aromatic rings. The fraction of sp³-hybridized carbons (Fsp3) is 0.500. The maximum absolute atomic E-state index is 10.9. The monoisotopic (exact) mass is 269 g/mol. The first-order valence-electron chi connectivity index (χ1n) is 5.98. The van der Waals surface area contributed by atoms with Gasteiger partial charge in [0.05, 0.1) is 4.92 Å². The van der Waals surface area contributed by atoms with E-state index in [2.05, 4.69) is 17.1 Å². The van der Waals surface area contributed by atoms with Crippen LogP contribution in [0, 0.1) is 10.1 Å². The Morgan fingerprint density at radius 2 is 2.11 bits per heavy atom. The van der Waals surface area contributed by atoms with Gasteiger partial charge in [-0.1, -0.05) is 17.7 Å². The van der Waals surface area contributed by atoms with E-state index >= 15 is 0 Å². The lowest BCUT2D eigenvalue weighted by Gasteiger charge is -2.33. The summed E-state index contributed by atoms with van der Waals surface area (Å²) in [6, 6.07) is 5.22. The third-order valence-electron chi connectivity index (χ3n) is 3.35. The summed E-state index contributed by atoms with van der Waals surface area (Å²) in [7, 11) is 0. The average Bonchev–Trinajstić information content (AvgIpc) is 2.39. The predicted molar refractivity (Wildman–Crippen MR) is 71.0 cm³/mol. The van der Waals surface area contributed by atoms with Crippen molar-refractivity contribution in [2.75, 3.05) is 26.2 Å². The molecule has 0 amide bonds. The van der Waals surface area contributed by atoms with E-state index in [-0.39, 0.29) is 16.8 Å². The Labute approximate surface area is 111 Å². The lowest BCUT2D eigenvalue weighted by atomic mass is 10.1. The number of halogens is 1. The Bertz CT molecular complexity index is 447. The number of nitrogens with zero attached hydrogens (tertiary/aromatic N) is 2. The molecule has 0 bridgehead atoms. The second kappa shape index (κ2) is 5.65. The molecule has 1 aromatic carbocycles. The minimum Gasteiger partial charge on any atom is -0.314 e. The third kappa shape index (κ3) is 2.80. The second-order valence-corrected chi connectivity index (χ2v) is 4.84. The van der Waals surface area contributed by atoms with Gasteiger partial charge >= 0.3 is 0 Å². The molecule has 1 N–H and O–H groups in total. The van der Waals surface area contributed by atoms with Gasteiger partial charge < -0.3 is 5.32 Å². The van der Waals surface area contributed by atoms with Crippen LogP contribution < -0.4 is 5.32 Å². The van der Waals surface area contributed by atoms with Crippen molar-refractivity contribution in [3.05, 3.63) is 38.9 Å². The lowest BCUT2D eigenvalue weighted by molar-refractivity contribution is -0.384. The number of piperazine rings is 1. The maximum Gasteiger partial charge on any atom is 0.288 e. The summed E-state index contributed by atoms with van der Waals surface area (Å²) in [5.41, 5.74) is 0.921. The number of nitro groups is 1. The molecule has 0 aliphatic carbocycles. The van der Waals surface area contributed by atoms with Crippen molar-refractivity contribution in [2.45, 2.75) is 13.0 Å². The molecule has 0 spiro atoms. The van der Waals surface area contributed by atoms with Crippen LogP contribution in [0.1, 0.15) is 18.5 Å². The number of benzene rings is 1. The predicted octanol–water partition coefficient (Wildman–Crippen LogP) is 2.21. The topological polar surface area (TPSA) is 58.4 Å². The second-order valence-electron chi connectivity index (χ2n) is 4.43. The van der Waals surface area contributed by atoms with E-state index in [1.807, 2.05) is 6.07 Å². The molecule has 0 unspecified atom stereocenters. The highest BCUT2D eigenvalue weighted by Gasteiger charge is 2.21. The van der Waals surface area contributed by atoms with Gasteiger partial charge in [-0.3, -0.25) is 15.0 Å². The summed E-state index contributed by atoms with van der Waals surface area (Å²) >= 11 is 5.82. The van der Waals surface area contributed by atoms with Crippen LogP contribution in [0.25, 0.3) is 0 Å². The number of rotatable bonds is 3. The van der Waals surface area contributed by atoms with Crippen molar-refractivity contribution >= 4 is 17.3 Å². The van der Waals surface area contributed by atoms with Crippen molar-refractivity contribution in [1.29, 1.82) is 0 Å². The molecule has 1 saturated heterocycles. The van der Waals surface area contributed by atoms with Gasteiger partial charge in [-0.15, -0.1) is 0 Å². The first-order chi connectivity index (χ1) is 8.59. The molecule has 1 atom stereocenters. The molecule has 6 heteroatoms. The normalized spacial score (nSPS) is 18.6. The zero-order valence-electron chi connectivity index (χ0n) is 10.2. The van der Waals surface area contributed by atoms with E-state index < -0.39 is 4.92 Å². The molecule has 18 heavy (non-hydrogen) atoms. The smallest absolute Gasteiger partial charge is 0.288 e. The van der Waals surface area contributed by atoms with Gasteiger partial charge in [0.25, 0.3) is 5.69 Å². The minimum absolute atomic E-state index is 0.0175. The van der Waals surface area contributed by atoms with Crippen molar-refractivity contribution in [1.82, 2.24) is 10.2 Å². The maximum atomic E-state index is 10.9. The van der Waals surface area contributed by atoms with Gasteiger partial charge in [-0.2, -0.15) is 0 Å². The van der Waals surface area contributed by atoms with Crippen molar-refractivity contribution < 1.29 is 4.92 Å². The highest BCUT2D eigenvalue weighted by Crippen LogP contribution is 2.29. The molecule has 1 aliphatic rings. The van der Waals surface area contributed by atoms with E-state index in [1.165, 1.54) is 0 Å². The molecule has 1 aliphatic heterocycles. The Hall–Kier alpha value is -1.17. The zero-order chi connectivity index (χ0) is 13.1. The number of nitro benzene ring substituents is 1. The molecule has 0 radical (unpaired) electrons. The molecule has 0 saturated carbocycles. The molecule has 1 heterocycles. The molecular formula is C12H16ClN3O2. The van der Waals surface area contributed by atoms with Gasteiger partial charge in [0.1, 0.15) is 5.02 Å². The Balaban J connectivity index is 2.21. The van der Waals surface area contributed by atoms with Gasteiger partial charge in [-0.05, 0) is 18.6 Å². The molecular weight excluding hydrogens is 254 g/mol. The van der Waals surface area contributed by atoms with Gasteiger partial charge in [-0.25, -0.2) is 0 Å². The van der Waals surface area contributed by atoms with Gasteiger partial charge in [0.2, 0.25) is 0 Å². The van der Waals surface area contributed by atoms with Gasteiger partial charge in [0.15, 0.2) is 0 Å². The van der Waals surface area contributed by atoms with Crippen molar-refractivity contribution in [2.24, 2.45) is 0 Å². The van der Waals surface area contributed by atoms with Gasteiger partial charge in [0, 0.05) is 38.3 Å². The van der Waals surface area contributed by atoms with E-state index in [9.17, 15) is 10.1 Å². The lowest BCUT2D eigenvalue weighted by Crippen LogP contribution is -2.44. The van der Waals surface area contributed by atoms with E-state index in [0.717, 1.165) is 31.7 Å². The summed E-state index contributed by atoms with van der Waals surface area (Å²) in [5, 5.41) is 14.4. The summed E-state index contributed by atoms with van der Waals surface area (Å²) in [6.45, 7) is 5.90. The van der Waals surface area contributed by atoms with E-state index in [1.54, 1.807) is 12.1 Å². The third-order valence-corrected chi connectivity index (χ3v) is 3.67. The fourth-order valence-corrected chi connectivity index (χ4v) is 2.40. The minimum atomic E-state index is -0.434. The number of hydrogen-bond acceptors (Lipinski definition) is 4. The van der Waals surface area contributed by atoms with E-state index in [4.69, 9.17) is 11.6 Å². The quantitative estimate of drug-likeness (QED) is 0.675. The summed E-state index contributed by atoms with van der Waals surface area (Å²) in [6.07, 6.45) is 0. The first kappa shape index (κ1) is 13.3. The van der Waals surface area contributed by atoms with Crippen LogP contribution in [0.4, 0.5) is 5.69 Å². The van der Waals surface area contributed by atoms with Crippen molar-refractivity contribution in [3.8, 4) is 0 Å². The van der Waals surface area contributed by atoms with Crippen LogP contribution in [0.5, 0.6) is 0 Å². The molecule has 0 aromatic heterocycles. The molecule has 5 nitrogen and oxygen atoms in total. The number of nitrogens with one attached hydrogen (secondary N) is 1. The Kier molecular flexibility index (Phi) is 4.16. The molecule has 2 rings (SSSR count). The average molecular weight is 270 g/mol. The van der Waals surface area contributed by atoms with Crippen LogP contribution in [-0.4, -0.2) is 36.0 Å². The van der Waals surface area contributed by atoms with Crippen LogP contribution in [0.2, 0.25) is 5.02 Å². The highest BCUT2D eigenvalue weighted by atomic mass is 35.5. The van der Waals surface area contributed by atoms with Crippen LogP contribution in [0.3, 0.4) is 0 Å². The summed E-state index contributed by atoms with van der Waals surface area (Å²) in [4.78, 5) is 12.7. The SMILES string of the molecule is C[C@H](c1ccc(Cl)c([N+](=O)[O-])c1)N1CCNCC1. The Morgan fingerprint density at radius 1 is 1.44 bits per heavy atom. The van der Waals surface area contributed by atoms with Crippen LogP contribution >= 0.6 is 11.6 Å². The Morgan fingerprint density at radius 3 is 2.72 bits per heavy atom. The van der Waals surface area contributed by atoms with Crippen LogP contribution in [0.15, 0.2) is 18.2 Å². The standard InChI is InChI=1S/C12H16ClN3O2/c1-9(15-6-4-14-5-7-15)10-2-3-11(13)12(8-10)16(17)18/h2-3,8-9,14H,4-7H2,1H3/t9-/m1/s1. The summed E-state index contributed by atoms with van der Waals surface area (Å²) < 4.78 is 0. The fourth-order valence-electron chi connectivity index (χ4n) is 2.21. The number of hydrogen-bond donors (Lipinski definition) is 1. The van der Waals surface area contributed by atoms with E-state index in [0.29, 0.717) is 0 Å². The van der Waals surface area contributed by atoms with Crippen LogP contribution in [-0.2, 0) is 0 Å². The largest absolute Gasteiger partial charge is 0.314 e. The summed E-state index contributed by atoms with van der Waals surface area (Å²) in [5.74, 6) is 0. The first-order valence-corrected chi connectivity index (χ1v) is 6.36. The molecule has 98 valence electrons.